The van der Waals surface area contributed by atoms with Crippen LogP contribution in [0, 0.1) is 0 Å². The van der Waals surface area contributed by atoms with E-state index in [-0.39, 0.29) is 0 Å². The van der Waals surface area contributed by atoms with Gasteiger partial charge in [-0.2, -0.15) is 0 Å². The first-order valence-corrected chi connectivity index (χ1v) is 4.87. The molecule has 0 radical (unpaired) electrons. The van der Waals surface area contributed by atoms with Gasteiger partial charge in [-0.05, 0) is 22.0 Å². The number of fused-ring (bicyclic) bond motifs is 1. The smallest absolute Gasteiger partial charge is 0.230 e. The molecule has 0 atom stereocenters. The van der Waals surface area contributed by atoms with Crippen LogP contribution in [0.5, 0.6) is 0 Å². The zero-order valence-electron chi connectivity index (χ0n) is 7.41. The molecule has 3 nitrogen and oxygen atoms in total. The molecule has 0 saturated heterocycles. The molecule has 0 aliphatic rings. The average Bonchev–Trinajstić information content (AvgIpc) is 2.49. The topological polar surface area (TPSA) is 38.9 Å². The standard InChI is InChI=1S/C9H9BrN2O/c1-5(2)7-3-6-8(10)11-4-12-9(6)13-7/h3-5H,1-2H3. The number of nitrogens with zero attached hydrogens (tertiary/aromatic N) is 2. The van der Waals surface area contributed by atoms with Crippen LogP contribution in [0.1, 0.15) is 25.5 Å². The van der Waals surface area contributed by atoms with Crippen molar-refractivity contribution in [2.24, 2.45) is 0 Å². The summed E-state index contributed by atoms with van der Waals surface area (Å²) >= 11 is 3.35. The van der Waals surface area contributed by atoms with E-state index >= 15 is 0 Å². The lowest BCUT2D eigenvalue weighted by molar-refractivity contribution is 0.513. The van der Waals surface area contributed by atoms with Crippen molar-refractivity contribution in [2.75, 3.05) is 0 Å². The van der Waals surface area contributed by atoms with Gasteiger partial charge in [0.2, 0.25) is 5.71 Å². The quantitative estimate of drug-likeness (QED) is 0.720. The molecule has 0 fully saturated rings. The molecule has 2 rings (SSSR count). The highest BCUT2D eigenvalue weighted by molar-refractivity contribution is 9.10. The summed E-state index contributed by atoms with van der Waals surface area (Å²) in [6, 6.07) is 1.98. The number of aromatic nitrogens is 2. The van der Waals surface area contributed by atoms with Crippen molar-refractivity contribution in [1.29, 1.82) is 0 Å². The molecule has 0 spiro atoms. The van der Waals surface area contributed by atoms with E-state index in [1.54, 1.807) is 0 Å². The summed E-state index contributed by atoms with van der Waals surface area (Å²) < 4.78 is 6.31. The normalized spacial score (nSPS) is 11.4. The van der Waals surface area contributed by atoms with E-state index in [0.29, 0.717) is 11.6 Å². The molecule has 68 valence electrons. The first-order chi connectivity index (χ1) is 6.18. The van der Waals surface area contributed by atoms with Crippen LogP contribution in [0.2, 0.25) is 0 Å². The molecule has 0 bridgehead atoms. The van der Waals surface area contributed by atoms with Gasteiger partial charge in [-0.3, -0.25) is 0 Å². The molecule has 0 aliphatic heterocycles. The number of hydrogen-bond acceptors (Lipinski definition) is 3. The molecular weight excluding hydrogens is 232 g/mol. The summed E-state index contributed by atoms with van der Waals surface area (Å²) in [5.41, 5.74) is 0.644. The third-order valence-electron chi connectivity index (χ3n) is 1.87. The Morgan fingerprint density at radius 2 is 2.15 bits per heavy atom. The summed E-state index contributed by atoms with van der Waals surface area (Å²) in [7, 11) is 0. The fourth-order valence-electron chi connectivity index (χ4n) is 1.13. The van der Waals surface area contributed by atoms with Crippen molar-refractivity contribution >= 4 is 27.0 Å². The fraction of sp³-hybridized carbons (Fsp3) is 0.333. The third-order valence-corrected chi connectivity index (χ3v) is 2.50. The van der Waals surface area contributed by atoms with Crippen molar-refractivity contribution in [3.05, 3.63) is 22.8 Å². The van der Waals surface area contributed by atoms with Crippen molar-refractivity contribution in [3.8, 4) is 0 Å². The van der Waals surface area contributed by atoms with Gasteiger partial charge in [-0.25, -0.2) is 9.97 Å². The fourth-order valence-corrected chi connectivity index (χ4v) is 1.51. The van der Waals surface area contributed by atoms with E-state index in [1.807, 2.05) is 6.07 Å². The highest BCUT2D eigenvalue weighted by Gasteiger charge is 2.10. The first kappa shape index (κ1) is 8.69. The summed E-state index contributed by atoms with van der Waals surface area (Å²) in [5, 5.41) is 0.936. The van der Waals surface area contributed by atoms with Crippen LogP contribution in [0.15, 0.2) is 21.4 Å². The van der Waals surface area contributed by atoms with E-state index in [9.17, 15) is 0 Å². The van der Waals surface area contributed by atoms with Gasteiger partial charge in [-0.15, -0.1) is 0 Å². The second kappa shape index (κ2) is 3.10. The van der Waals surface area contributed by atoms with Crippen molar-refractivity contribution in [1.82, 2.24) is 9.97 Å². The number of rotatable bonds is 1. The number of halogens is 1. The Morgan fingerprint density at radius 1 is 1.38 bits per heavy atom. The summed E-state index contributed by atoms with van der Waals surface area (Å²) in [5.74, 6) is 1.32. The van der Waals surface area contributed by atoms with Gasteiger partial charge in [0.15, 0.2) is 0 Å². The first-order valence-electron chi connectivity index (χ1n) is 4.08. The highest BCUT2D eigenvalue weighted by Crippen LogP contribution is 2.26. The van der Waals surface area contributed by atoms with Gasteiger partial charge in [-0.1, -0.05) is 13.8 Å². The zero-order chi connectivity index (χ0) is 9.42. The minimum atomic E-state index is 0.376. The molecule has 13 heavy (non-hydrogen) atoms. The van der Waals surface area contributed by atoms with E-state index in [1.165, 1.54) is 6.33 Å². The Hall–Kier alpha value is -0.900. The second-order valence-corrected chi connectivity index (χ2v) is 3.94. The van der Waals surface area contributed by atoms with Gasteiger partial charge in [0.1, 0.15) is 16.7 Å². The molecule has 0 saturated carbocycles. The lowest BCUT2D eigenvalue weighted by Gasteiger charge is -1.95. The average molecular weight is 241 g/mol. The summed E-state index contributed by atoms with van der Waals surface area (Å²) in [6.45, 7) is 4.16. The highest BCUT2D eigenvalue weighted by atomic mass is 79.9. The maximum Gasteiger partial charge on any atom is 0.230 e. The van der Waals surface area contributed by atoms with E-state index < -0.39 is 0 Å². The molecular formula is C9H9BrN2O. The van der Waals surface area contributed by atoms with Crippen LogP contribution in [0.3, 0.4) is 0 Å². The lowest BCUT2D eigenvalue weighted by atomic mass is 10.1. The van der Waals surface area contributed by atoms with Crippen LogP contribution in [-0.2, 0) is 0 Å². The van der Waals surface area contributed by atoms with Gasteiger partial charge >= 0.3 is 0 Å². The summed E-state index contributed by atoms with van der Waals surface area (Å²) in [6.07, 6.45) is 1.49. The Labute approximate surface area is 84.3 Å². The molecule has 2 heterocycles. The molecule has 4 heteroatoms. The Morgan fingerprint density at radius 3 is 2.77 bits per heavy atom. The van der Waals surface area contributed by atoms with Crippen molar-refractivity contribution < 1.29 is 4.42 Å². The summed E-state index contributed by atoms with van der Waals surface area (Å²) in [4.78, 5) is 8.06. The van der Waals surface area contributed by atoms with E-state index in [2.05, 4.69) is 39.7 Å². The van der Waals surface area contributed by atoms with Crippen LogP contribution >= 0.6 is 15.9 Å². The molecule has 0 unspecified atom stereocenters. The molecule has 2 aromatic heterocycles. The number of furan rings is 1. The minimum Gasteiger partial charge on any atom is -0.442 e. The van der Waals surface area contributed by atoms with Gasteiger partial charge in [0, 0.05) is 5.92 Å². The Balaban J connectivity index is 2.68. The predicted molar refractivity (Wildman–Crippen MR) is 53.6 cm³/mol. The monoisotopic (exact) mass is 240 g/mol. The lowest BCUT2D eigenvalue weighted by Crippen LogP contribution is -1.79. The molecule has 0 aromatic carbocycles. The van der Waals surface area contributed by atoms with Crippen molar-refractivity contribution in [3.63, 3.8) is 0 Å². The van der Waals surface area contributed by atoms with Crippen molar-refractivity contribution in [2.45, 2.75) is 19.8 Å². The van der Waals surface area contributed by atoms with Crippen LogP contribution in [0.25, 0.3) is 11.1 Å². The molecule has 0 amide bonds. The molecule has 2 aromatic rings. The maximum absolute atomic E-state index is 5.53. The van der Waals surface area contributed by atoms with Gasteiger partial charge in [0.05, 0.1) is 5.39 Å². The van der Waals surface area contributed by atoms with Crippen LogP contribution in [-0.4, -0.2) is 9.97 Å². The van der Waals surface area contributed by atoms with Gasteiger partial charge < -0.3 is 4.42 Å². The SMILES string of the molecule is CC(C)c1cc2c(Br)ncnc2o1. The van der Waals surface area contributed by atoms with Crippen LogP contribution in [0.4, 0.5) is 0 Å². The van der Waals surface area contributed by atoms with Gasteiger partial charge in [0.25, 0.3) is 0 Å². The molecule has 0 aliphatic carbocycles. The van der Waals surface area contributed by atoms with Crippen LogP contribution < -0.4 is 0 Å². The molecule has 0 N–H and O–H groups in total. The zero-order valence-corrected chi connectivity index (χ0v) is 9.00. The number of hydrogen-bond donors (Lipinski definition) is 0. The second-order valence-electron chi connectivity index (χ2n) is 3.19. The third kappa shape index (κ3) is 1.46. The van der Waals surface area contributed by atoms with E-state index in [4.69, 9.17) is 4.42 Å². The predicted octanol–water partition coefficient (Wildman–Crippen LogP) is 3.11. The minimum absolute atomic E-state index is 0.376. The Bertz CT molecular complexity index is 436. The maximum atomic E-state index is 5.53. The Kier molecular flexibility index (Phi) is 2.07. The van der Waals surface area contributed by atoms with E-state index in [0.717, 1.165) is 15.7 Å². The largest absolute Gasteiger partial charge is 0.442 e.